The maximum Gasteiger partial charge on any atom is 0.277 e. The normalized spacial score (nSPS) is 15.3. The minimum absolute atomic E-state index is 0.0589. The van der Waals surface area contributed by atoms with E-state index >= 15 is 0 Å². The fraction of sp³-hybridized carbons (Fsp3) is 0.375. The zero-order valence-corrected chi connectivity index (χ0v) is 20.4. The first kappa shape index (κ1) is 23.3. The first-order chi connectivity index (χ1) is 17.1. The number of fused-ring (bicyclic) bond motifs is 1. The van der Waals surface area contributed by atoms with Crippen molar-refractivity contribution in [2.45, 2.75) is 11.8 Å². The predicted molar refractivity (Wildman–Crippen MR) is 128 cm³/mol. The van der Waals surface area contributed by atoms with Crippen LogP contribution in [0.25, 0.3) is 11.5 Å². The van der Waals surface area contributed by atoms with E-state index < -0.39 is 0 Å². The molecule has 0 unspecified atom stereocenters. The summed E-state index contributed by atoms with van der Waals surface area (Å²) in [6.45, 7) is 3.97. The van der Waals surface area contributed by atoms with Crippen molar-refractivity contribution in [1.82, 2.24) is 20.0 Å². The summed E-state index contributed by atoms with van der Waals surface area (Å²) in [6.07, 6.45) is 0. The standard InChI is InChI=1S/C24H26N4O6S/c1-30-18-5-3-16(11-20(18)31-2)13-27-7-9-28(10-8-27)22(29)14-35-24-26-25-23(34-24)17-4-6-19-21(12-17)33-15-32-19/h3-6,11-12H,7-10,13-15H2,1-2H3. The molecule has 2 aromatic carbocycles. The molecular weight excluding hydrogens is 472 g/mol. The summed E-state index contributed by atoms with van der Waals surface area (Å²) >= 11 is 1.25. The number of hydrogen-bond donors (Lipinski definition) is 0. The molecule has 1 saturated heterocycles. The van der Waals surface area contributed by atoms with E-state index in [-0.39, 0.29) is 18.5 Å². The molecule has 2 aliphatic heterocycles. The largest absolute Gasteiger partial charge is 0.493 e. The Hall–Kier alpha value is -3.44. The molecule has 0 bridgehead atoms. The number of rotatable bonds is 8. The molecule has 5 rings (SSSR count). The summed E-state index contributed by atoms with van der Waals surface area (Å²) in [6, 6.07) is 11.4. The monoisotopic (exact) mass is 498 g/mol. The molecule has 0 aliphatic carbocycles. The van der Waals surface area contributed by atoms with Crippen LogP contribution >= 0.6 is 11.8 Å². The van der Waals surface area contributed by atoms with Crippen LogP contribution in [0, 0.1) is 0 Å². The van der Waals surface area contributed by atoms with E-state index in [2.05, 4.69) is 15.1 Å². The number of aromatic nitrogens is 2. The highest BCUT2D eigenvalue weighted by Crippen LogP contribution is 2.36. The van der Waals surface area contributed by atoms with E-state index in [9.17, 15) is 4.79 Å². The lowest BCUT2D eigenvalue weighted by atomic mass is 10.1. The molecule has 0 atom stereocenters. The minimum atomic E-state index is 0.0589. The number of thioether (sulfide) groups is 1. The summed E-state index contributed by atoms with van der Waals surface area (Å²) in [4.78, 5) is 16.9. The second kappa shape index (κ2) is 10.4. The molecule has 0 spiro atoms. The van der Waals surface area contributed by atoms with Crippen LogP contribution in [0.4, 0.5) is 0 Å². The van der Waals surface area contributed by atoms with Gasteiger partial charge in [0, 0.05) is 38.3 Å². The molecule has 1 fully saturated rings. The van der Waals surface area contributed by atoms with Gasteiger partial charge in [-0.25, -0.2) is 0 Å². The van der Waals surface area contributed by atoms with Crippen LogP contribution < -0.4 is 18.9 Å². The summed E-state index contributed by atoms with van der Waals surface area (Å²) in [5.41, 5.74) is 1.89. The zero-order chi connectivity index (χ0) is 24.2. The van der Waals surface area contributed by atoms with Gasteiger partial charge in [0.05, 0.1) is 20.0 Å². The Morgan fingerprint density at radius 2 is 1.77 bits per heavy atom. The Morgan fingerprint density at radius 3 is 2.57 bits per heavy atom. The second-order valence-corrected chi connectivity index (χ2v) is 9.00. The van der Waals surface area contributed by atoms with Gasteiger partial charge in [-0.1, -0.05) is 17.8 Å². The molecule has 1 aromatic heterocycles. The third-order valence-corrected chi connectivity index (χ3v) is 6.73. The molecule has 2 aliphatic rings. The maximum absolute atomic E-state index is 12.7. The summed E-state index contributed by atoms with van der Waals surface area (Å²) in [7, 11) is 3.26. The highest BCUT2D eigenvalue weighted by atomic mass is 32.2. The van der Waals surface area contributed by atoms with Crippen molar-refractivity contribution in [3.05, 3.63) is 42.0 Å². The predicted octanol–water partition coefficient (Wildman–Crippen LogP) is 2.92. The van der Waals surface area contributed by atoms with Crippen LogP contribution in [0.1, 0.15) is 5.56 Å². The van der Waals surface area contributed by atoms with Gasteiger partial charge >= 0.3 is 0 Å². The van der Waals surface area contributed by atoms with Crippen LogP contribution in [0.15, 0.2) is 46.0 Å². The van der Waals surface area contributed by atoms with Crippen LogP contribution in [0.2, 0.25) is 0 Å². The van der Waals surface area contributed by atoms with Gasteiger partial charge in [-0.2, -0.15) is 0 Å². The van der Waals surface area contributed by atoms with E-state index in [1.165, 1.54) is 11.8 Å². The SMILES string of the molecule is COc1ccc(CN2CCN(C(=O)CSc3nnc(-c4ccc5c(c4)OCO5)o3)CC2)cc1OC. The molecule has 0 N–H and O–H groups in total. The van der Waals surface area contributed by atoms with Gasteiger partial charge < -0.3 is 28.3 Å². The molecule has 3 heterocycles. The van der Waals surface area contributed by atoms with Crippen molar-refractivity contribution in [2.24, 2.45) is 0 Å². The van der Waals surface area contributed by atoms with E-state index in [4.69, 9.17) is 23.4 Å². The Morgan fingerprint density at radius 1 is 0.971 bits per heavy atom. The fourth-order valence-corrected chi connectivity index (χ4v) is 4.69. The number of methoxy groups -OCH3 is 2. The average Bonchev–Trinajstić information content (AvgIpc) is 3.57. The van der Waals surface area contributed by atoms with Gasteiger partial charge in [0.1, 0.15) is 0 Å². The molecule has 1 amide bonds. The van der Waals surface area contributed by atoms with Gasteiger partial charge in [-0.05, 0) is 35.9 Å². The topological polar surface area (TPSA) is 99.4 Å². The van der Waals surface area contributed by atoms with Crippen LogP contribution in [0.5, 0.6) is 23.0 Å². The molecule has 3 aromatic rings. The number of benzene rings is 2. The summed E-state index contributed by atoms with van der Waals surface area (Å²) in [5.74, 6) is 3.46. The van der Waals surface area contributed by atoms with Gasteiger partial charge in [-0.3, -0.25) is 9.69 Å². The highest BCUT2D eigenvalue weighted by molar-refractivity contribution is 7.99. The van der Waals surface area contributed by atoms with E-state index in [0.29, 0.717) is 41.5 Å². The Labute approximate surface area is 207 Å². The molecular formula is C24H26N4O6S. The molecule has 0 saturated carbocycles. The molecule has 11 heteroatoms. The smallest absolute Gasteiger partial charge is 0.277 e. The molecule has 35 heavy (non-hydrogen) atoms. The van der Waals surface area contributed by atoms with Crippen molar-refractivity contribution in [2.75, 3.05) is 52.9 Å². The number of amides is 1. The van der Waals surface area contributed by atoms with Crippen molar-refractivity contribution >= 4 is 17.7 Å². The lowest BCUT2D eigenvalue weighted by molar-refractivity contribution is -0.130. The van der Waals surface area contributed by atoms with Crippen molar-refractivity contribution < 1.29 is 28.2 Å². The number of carbonyl (C=O) groups is 1. The molecule has 184 valence electrons. The highest BCUT2D eigenvalue weighted by Gasteiger charge is 2.23. The number of ether oxygens (including phenoxy) is 4. The maximum atomic E-state index is 12.7. The van der Waals surface area contributed by atoms with Gasteiger partial charge in [0.15, 0.2) is 23.0 Å². The number of nitrogens with zero attached hydrogens (tertiary/aromatic N) is 4. The van der Waals surface area contributed by atoms with Crippen LogP contribution in [-0.2, 0) is 11.3 Å². The Bertz CT molecular complexity index is 1190. The third-order valence-electron chi connectivity index (χ3n) is 5.92. The molecule has 10 nitrogen and oxygen atoms in total. The number of hydrogen-bond acceptors (Lipinski definition) is 10. The summed E-state index contributed by atoms with van der Waals surface area (Å²) < 4.78 is 27.2. The number of piperazine rings is 1. The average molecular weight is 499 g/mol. The zero-order valence-electron chi connectivity index (χ0n) is 19.6. The Balaban J connectivity index is 1.09. The van der Waals surface area contributed by atoms with Gasteiger partial charge in [0.2, 0.25) is 18.6 Å². The van der Waals surface area contributed by atoms with Crippen molar-refractivity contribution in [3.63, 3.8) is 0 Å². The van der Waals surface area contributed by atoms with Gasteiger partial charge in [-0.15, -0.1) is 10.2 Å². The minimum Gasteiger partial charge on any atom is -0.493 e. The van der Waals surface area contributed by atoms with E-state index in [0.717, 1.165) is 36.5 Å². The lowest BCUT2D eigenvalue weighted by Crippen LogP contribution is -2.48. The fourth-order valence-electron chi connectivity index (χ4n) is 4.02. The second-order valence-electron chi connectivity index (χ2n) is 8.08. The van der Waals surface area contributed by atoms with E-state index in [1.807, 2.05) is 35.2 Å². The van der Waals surface area contributed by atoms with Crippen molar-refractivity contribution in [3.8, 4) is 34.5 Å². The first-order valence-electron chi connectivity index (χ1n) is 11.2. The Kier molecular flexibility index (Phi) is 6.96. The lowest BCUT2D eigenvalue weighted by Gasteiger charge is -2.34. The van der Waals surface area contributed by atoms with Crippen LogP contribution in [-0.4, -0.2) is 78.8 Å². The van der Waals surface area contributed by atoms with Crippen molar-refractivity contribution in [1.29, 1.82) is 0 Å². The van der Waals surface area contributed by atoms with Gasteiger partial charge in [0.25, 0.3) is 5.22 Å². The van der Waals surface area contributed by atoms with Crippen LogP contribution in [0.3, 0.4) is 0 Å². The third kappa shape index (κ3) is 5.30. The van der Waals surface area contributed by atoms with E-state index in [1.54, 1.807) is 20.3 Å². The summed E-state index contributed by atoms with van der Waals surface area (Å²) in [5, 5.41) is 8.52. The molecule has 0 radical (unpaired) electrons. The first-order valence-corrected chi connectivity index (χ1v) is 12.2. The number of carbonyl (C=O) groups excluding carboxylic acids is 1. The quantitative estimate of drug-likeness (QED) is 0.431.